The zero-order valence-corrected chi connectivity index (χ0v) is 9.84. The van der Waals surface area contributed by atoms with E-state index in [1.807, 2.05) is 0 Å². The van der Waals surface area contributed by atoms with Crippen LogP contribution in [0.4, 0.5) is 8.78 Å². The average Bonchev–Trinajstić information content (AvgIpc) is 2.07. The second-order valence-corrected chi connectivity index (χ2v) is 4.06. The lowest BCUT2D eigenvalue weighted by atomic mass is 10.2. The smallest absolute Gasteiger partial charge is 0.267 e. The van der Waals surface area contributed by atoms with Crippen LogP contribution in [0, 0.1) is 3.57 Å². The van der Waals surface area contributed by atoms with E-state index in [1.165, 1.54) is 6.20 Å². The van der Waals surface area contributed by atoms with Gasteiger partial charge in [-0.1, -0.05) is 0 Å². The van der Waals surface area contributed by atoms with Gasteiger partial charge in [0, 0.05) is 15.3 Å². The number of alkyl halides is 2. The van der Waals surface area contributed by atoms with E-state index in [1.54, 1.807) is 22.6 Å². The lowest BCUT2D eigenvalue weighted by molar-refractivity contribution is 0.110. The summed E-state index contributed by atoms with van der Waals surface area (Å²) in [6.07, 6.45) is -0.924. The third-order valence-corrected chi connectivity index (χ3v) is 2.89. The molecule has 6 heteroatoms. The maximum absolute atomic E-state index is 12.4. The minimum atomic E-state index is -2.70. The van der Waals surface area contributed by atoms with Gasteiger partial charge in [0.1, 0.15) is 4.60 Å². The summed E-state index contributed by atoms with van der Waals surface area (Å²) < 4.78 is 25.3. The summed E-state index contributed by atoms with van der Waals surface area (Å²) in [5, 5.41) is 0. The molecule has 2 nitrogen and oxygen atoms in total. The molecule has 0 bridgehead atoms. The first kappa shape index (κ1) is 11.0. The summed E-state index contributed by atoms with van der Waals surface area (Å²) in [5.74, 6) is 0. The molecule has 1 aromatic rings. The van der Waals surface area contributed by atoms with E-state index in [9.17, 15) is 13.6 Å². The van der Waals surface area contributed by atoms with Crippen molar-refractivity contribution in [3.05, 3.63) is 25.5 Å². The number of rotatable bonds is 2. The van der Waals surface area contributed by atoms with Gasteiger partial charge in [-0.3, -0.25) is 4.79 Å². The molecular weight excluding hydrogens is 359 g/mol. The first-order valence-electron chi connectivity index (χ1n) is 3.15. The van der Waals surface area contributed by atoms with Gasteiger partial charge in [-0.15, -0.1) is 0 Å². The van der Waals surface area contributed by atoms with Gasteiger partial charge < -0.3 is 0 Å². The Balaban J connectivity index is 3.43. The summed E-state index contributed by atoms with van der Waals surface area (Å²) in [7, 11) is 0. The molecular formula is C7H3BrF2INO. The molecule has 0 aliphatic carbocycles. The van der Waals surface area contributed by atoms with Gasteiger partial charge in [-0.2, -0.15) is 0 Å². The number of halogens is 4. The molecule has 0 aliphatic rings. The zero-order chi connectivity index (χ0) is 10.0. The molecule has 0 aromatic carbocycles. The zero-order valence-electron chi connectivity index (χ0n) is 6.10. The van der Waals surface area contributed by atoms with Crippen LogP contribution >= 0.6 is 38.5 Å². The number of hydrogen-bond acceptors (Lipinski definition) is 2. The van der Waals surface area contributed by atoms with Crippen LogP contribution < -0.4 is 0 Å². The van der Waals surface area contributed by atoms with Gasteiger partial charge in [-0.25, -0.2) is 13.8 Å². The fourth-order valence-corrected chi connectivity index (χ4v) is 1.87. The molecule has 0 atom stereocenters. The van der Waals surface area contributed by atoms with Crippen molar-refractivity contribution in [2.45, 2.75) is 6.43 Å². The summed E-state index contributed by atoms with van der Waals surface area (Å²) >= 11 is 4.66. The van der Waals surface area contributed by atoms with E-state index in [0.717, 1.165) is 0 Å². The van der Waals surface area contributed by atoms with Crippen molar-refractivity contribution in [1.29, 1.82) is 0 Å². The van der Waals surface area contributed by atoms with E-state index in [-0.39, 0.29) is 15.7 Å². The van der Waals surface area contributed by atoms with Crippen molar-refractivity contribution >= 4 is 44.8 Å². The maximum atomic E-state index is 12.4. The maximum Gasteiger partial charge on any atom is 0.267 e. The number of carbonyl (C=O) groups is 1. The average molecular weight is 362 g/mol. The van der Waals surface area contributed by atoms with Gasteiger partial charge in [0.2, 0.25) is 0 Å². The van der Waals surface area contributed by atoms with Crippen LogP contribution in [0.5, 0.6) is 0 Å². The minimum Gasteiger partial charge on any atom is -0.298 e. The van der Waals surface area contributed by atoms with Crippen LogP contribution in [0.25, 0.3) is 0 Å². The summed E-state index contributed by atoms with van der Waals surface area (Å²) in [4.78, 5) is 14.2. The summed E-state index contributed by atoms with van der Waals surface area (Å²) in [5.41, 5.74) is -0.348. The van der Waals surface area contributed by atoms with Crippen molar-refractivity contribution in [2.24, 2.45) is 0 Å². The molecule has 0 saturated carbocycles. The topological polar surface area (TPSA) is 30.0 Å². The second-order valence-electron chi connectivity index (χ2n) is 2.14. The molecule has 0 aliphatic heterocycles. The van der Waals surface area contributed by atoms with Crippen molar-refractivity contribution in [3.8, 4) is 0 Å². The van der Waals surface area contributed by atoms with E-state index in [0.29, 0.717) is 9.86 Å². The van der Waals surface area contributed by atoms with Crippen molar-refractivity contribution < 1.29 is 13.6 Å². The number of nitrogens with zero attached hydrogens (tertiary/aromatic N) is 1. The molecule has 0 spiro atoms. The van der Waals surface area contributed by atoms with Gasteiger partial charge in [-0.05, 0) is 38.5 Å². The molecule has 0 unspecified atom stereocenters. The monoisotopic (exact) mass is 361 g/mol. The van der Waals surface area contributed by atoms with Crippen LogP contribution in [-0.2, 0) is 0 Å². The molecule has 0 radical (unpaired) electrons. The molecule has 0 saturated heterocycles. The molecule has 70 valence electrons. The van der Waals surface area contributed by atoms with E-state index >= 15 is 0 Å². The Bertz CT molecular complexity index is 346. The van der Waals surface area contributed by atoms with Crippen LogP contribution in [0.2, 0.25) is 0 Å². The number of aromatic nitrogens is 1. The Morgan fingerprint density at radius 1 is 1.62 bits per heavy atom. The third kappa shape index (κ3) is 2.22. The van der Waals surface area contributed by atoms with Gasteiger partial charge >= 0.3 is 0 Å². The molecule has 13 heavy (non-hydrogen) atoms. The third-order valence-electron chi connectivity index (χ3n) is 1.40. The Morgan fingerprint density at radius 3 is 2.62 bits per heavy atom. The van der Waals surface area contributed by atoms with Crippen LogP contribution in [0.1, 0.15) is 22.3 Å². The molecule has 1 heterocycles. The van der Waals surface area contributed by atoms with Gasteiger partial charge in [0.15, 0.2) is 6.29 Å². The summed E-state index contributed by atoms with van der Waals surface area (Å²) in [6, 6.07) is 0. The molecule has 1 rings (SSSR count). The normalized spacial score (nSPS) is 10.5. The second kappa shape index (κ2) is 4.41. The van der Waals surface area contributed by atoms with Gasteiger partial charge in [0.05, 0.1) is 5.56 Å². The fraction of sp³-hybridized carbons (Fsp3) is 0.143. The van der Waals surface area contributed by atoms with Crippen molar-refractivity contribution in [1.82, 2.24) is 4.98 Å². The Hall–Kier alpha value is -0.110. The lowest BCUT2D eigenvalue weighted by Gasteiger charge is -2.06. The predicted octanol–water partition coefficient (Wildman–Crippen LogP) is 3.20. The van der Waals surface area contributed by atoms with E-state index < -0.39 is 6.43 Å². The molecule has 0 fully saturated rings. The molecule has 0 amide bonds. The van der Waals surface area contributed by atoms with Crippen LogP contribution in [0.3, 0.4) is 0 Å². The number of hydrogen-bond donors (Lipinski definition) is 0. The standard InChI is InChI=1S/C7H3BrF2INO/c8-6-5(7(9)10)3(2-13)4(11)1-12-6/h1-2,7H. The highest BCUT2D eigenvalue weighted by Crippen LogP contribution is 2.30. The number of pyridine rings is 1. The largest absolute Gasteiger partial charge is 0.298 e. The highest BCUT2D eigenvalue weighted by atomic mass is 127. The minimum absolute atomic E-state index is 0.00234. The Labute approximate surface area is 95.0 Å². The van der Waals surface area contributed by atoms with E-state index in [2.05, 4.69) is 20.9 Å². The Morgan fingerprint density at radius 2 is 2.23 bits per heavy atom. The van der Waals surface area contributed by atoms with Crippen molar-refractivity contribution in [2.75, 3.05) is 0 Å². The van der Waals surface area contributed by atoms with Crippen molar-refractivity contribution in [3.63, 3.8) is 0 Å². The SMILES string of the molecule is O=Cc1c(I)cnc(Br)c1C(F)F. The number of carbonyl (C=O) groups excluding carboxylic acids is 1. The fourth-order valence-electron chi connectivity index (χ4n) is 0.820. The molecule has 1 aromatic heterocycles. The summed E-state index contributed by atoms with van der Waals surface area (Å²) in [6.45, 7) is 0. The van der Waals surface area contributed by atoms with Crippen LogP contribution in [-0.4, -0.2) is 11.3 Å². The first-order chi connectivity index (χ1) is 6.07. The lowest BCUT2D eigenvalue weighted by Crippen LogP contribution is -2.00. The predicted molar refractivity (Wildman–Crippen MR) is 55.0 cm³/mol. The molecule has 0 N–H and O–H groups in total. The van der Waals surface area contributed by atoms with E-state index in [4.69, 9.17) is 0 Å². The first-order valence-corrected chi connectivity index (χ1v) is 5.02. The number of aldehydes is 1. The Kier molecular flexibility index (Phi) is 3.72. The highest BCUT2D eigenvalue weighted by molar-refractivity contribution is 14.1. The quantitative estimate of drug-likeness (QED) is 0.460. The van der Waals surface area contributed by atoms with Gasteiger partial charge in [0.25, 0.3) is 6.43 Å². The van der Waals surface area contributed by atoms with Crippen LogP contribution in [0.15, 0.2) is 10.8 Å². The highest BCUT2D eigenvalue weighted by Gasteiger charge is 2.19.